The number of para-hydroxylation sites is 1. The molecule has 21 heavy (non-hydrogen) atoms. The molecule has 0 fully saturated rings. The standard InChI is InChI=1S/C15H20ClN3O.HI/c1-3-17-15(18-10-11(2)16)19-13-8-9-20-14-7-5-4-6-12(13)14;/h4-7,13H,2-3,8-10H2,1H3,(H2,17,18,19);1H. The van der Waals surface area contributed by atoms with Crippen LogP contribution in [-0.4, -0.2) is 25.7 Å². The number of hydrogen-bond donors (Lipinski definition) is 2. The summed E-state index contributed by atoms with van der Waals surface area (Å²) < 4.78 is 5.66. The molecular formula is C15H21ClIN3O. The van der Waals surface area contributed by atoms with Crippen LogP contribution in [0.1, 0.15) is 24.9 Å². The summed E-state index contributed by atoms with van der Waals surface area (Å²) in [5.74, 6) is 1.69. The van der Waals surface area contributed by atoms with Gasteiger partial charge in [-0.3, -0.25) is 0 Å². The Balaban J connectivity index is 0.00000220. The fourth-order valence-corrected chi connectivity index (χ4v) is 2.20. The molecule has 0 amide bonds. The zero-order valence-corrected chi connectivity index (χ0v) is 15.2. The molecule has 0 bridgehead atoms. The fourth-order valence-electron chi connectivity index (χ4n) is 2.14. The van der Waals surface area contributed by atoms with Crippen molar-refractivity contribution in [2.75, 3.05) is 19.7 Å². The maximum atomic E-state index is 5.77. The minimum absolute atomic E-state index is 0. The van der Waals surface area contributed by atoms with E-state index in [1.807, 2.05) is 25.1 Å². The van der Waals surface area contributed by atoms with Crippen molar-refractivity contribution < 1.29 is 4.74 Å². The second-order valence-electron chi connectivity index (χ2n) is 4.58. The van der Waals surface area contributed by atoms with Gasteiger partial charge in [-0.2, -0.15) is 0 Å². The van der Waals surface area contributed by atoms with Crippen molar-refractivity contribution in [1.82, 2.24) is 10.6 Å². The zero-order valence-electron chi connectivity index (χ0n) is 12.1. The first-order valence-electron chi connectivity index (χ1n) is 6.80. The number of ether oxygens (including phenoxy) is 1. The van der Waals surface area contributed by atoms with E-state index in [1.165, 1.54) is 0 Å². The van der Waals surface area contributed by atoms with E-state index in [0.717, 1.165) is 30.2 Å². The van der Waals surface area contributed by atoms with Crippen LogP contribution in [0.15, 0.2) is 40.9 Å². The van der Waals surface area contributed by atoms with Crippen molar-refractivity contribution in [3.8, 4) is 5.75 Å². The zero-order chi connectivity index (χ0) is 14.4. The topological polar surface area (TPSA) is 45.7 Å². The highest BCUT2D eigenvalue weighted by atomic mass is 127. The molecule has 1 aliphatic rings. The van der Waals surface area contributed by atoms with Crippen LogP contribution in [0.3, 0.4) is 0 Å². The van der Waals surface area contributed by atoms with Gasteiger partial charge in [-0.15, -0.1) is 24.0 Å². The van der Waals surface area contributed by atoms with Crippen LogP contribution in [0.2, 0.25) is 0 Å². The first-order valence-corrected chi connectivity index (χ1v) is 7.18. The smallest absolute Gasteiger partial charge is 0.192 e. The number of hydrogen-bond acceptors (Lipinski definition) is 2. The molecule has 116 valence electrons. The Morgan fingerprint density at radius 2 is 2.24 bits per heavy atom. The Hall–Kier alpha value is -0.950. The molecule has 6 heteroatoms. The van der Waals surface area contributed by atoms with Crippen molar-refractivity contribution in [3.63, 3.8) is 0 Å². The highest BCUT2D eigenvalue weighted by Crippen LogP contribution is 2.31. The van der Waals surface area contributed by atoms with E-state index in [9.17, 15) is 0 Å². The Labute approximate surface area is 148 Å². The van der Waals surface area contributed by atoms with Gasteiger partial charge in [0.1, 0.15) is 5.75 Å². The molecule has 2 N–H and O–H groups in total. The SMILES string of the molecule is C=C(Cl)CN=C(NCC)NC1CCOc2ccccc21.I. The minimum Gasteiger partial charge on any atom is -0.493 e. The number of rotatable bonds is 4. The molecule has 0 spiro atoms. The quantitative estimate of drug-likeness (QED) is 0.445. The van der Waals surface area contributed by atoms with Gasteiger partial charge in [0.2, 0.25) is 0 Å². The number of nitrogens with zero attached hydrogens (tertiary/aromatic N) is 1. The number of halogens is 2. The van der Waals surface area contributed by atoms with Crippen LogP contribution < -0.4 is 15.4 Å². The van der Waals surface area contributed by atoms with Crippen LogP contribution in [0.25, 0.3) is 0 Å². The average molecular weight is 422 g/mol. The van der Waals surface area contributed by atoms with Gasteiger partial charge in [0.15, 0.2) is 5.96 Å². The molecule has 0 aromatic heterocycles. The number of fused-ring (bicyclic) bond motifs is 1. The molecule has 1 heterocycles. The van der Waals surface area contributed by atoms with Crippen LogP contribution in [-0.2, 0) is 0 Å². The third kappa shape index (κ3) is 5.39. The highest BCUT2D eigenvalue weighted by Gasteiger charge is 2.21. The summed E-state index contributed by atoms with van der Waals surface area (Å²) >= 11 is 5.77. The molecule has 1 aromatic carbocycles. The maximum absolute atomic E-state index is 5.77. The van der Waals surface area contributed by atoms with Gasteiger partial charge in [-0.25, -0.2) is 4.99 Å². The van der Waals surface area contributed by atoms with E-state index < -0.39 is 0 Å². The lowest BCUT2D eigenvalue weighted by Gasteiger charge is -2.28. The largest absolute Gasteiger partial charge is 0.493 e. The lowest BCUT2D eigenvalue weighted by atomic mass is 10.0. The van der Waals surface area contributed by atoms with Gasteiger partial charge in [-0.1, -0.05) is 36.4 Å². The third-order valence-corrected chi connectivity index (χ3v) is 3.14. The van der Waals surface area contributed by atoms with Crippen LogP contribution >= 0.6 is 35.6 Å². The molecule has 4 nitrogen and oxygen atoms in total. The van der Waals surface area contributed by atoms with Gasteiger partial charge in [0.25, 0.3) is 0 Å². The first-order chi connectivity index (χ1) is 9.70. The summed E-state index contributed by atoms with van der Waals surface area (Å²) in [7, 11) is 0. The Bertz CT molecular complexity index is 507. The van der Waals surface area contributed by atoms with E-state index in [2.05, 4.69) is 28.3 Å². The normalized spacial score (nSPS) is 17.0. The molecule has 1 aromatic rings. The summed E-state index contributed by atoms with van der Waals surface area (Å²) in [5.41, 5.74) is 1.16. The Kier molecular flexibility index (Phi) is 7.88. The van der Waals surface area contributed by atoms with E-state index >= 15 is 0 Å². The summed E-state index contributed by atoms with van der Waals surface area (Å²) in [6.45, 7) is 7.59. The highest BCUT2D eigenvalue weighted by molar-refractivity contribution is 14.0. The molecule has 0 saturated carbocycles. The average Bonchev–Trinajstić information content (AvgIpc) is 2.45. The molecule has 0 radical (unpaired) electrons. The summed E-state index contributed by atoms with van der Waals surface area (Å²) in [6, 6.07) is 8.27. The van der Waals surface area contributed by atoms with Crippen molar-refractivity contribution in [1.29, 1.82) is 0 Å². The second kappa shape index (κ2) is 9.15. The predicted molar refractivity (Wildman–Crippen MR) is 98.8 cm³/mol. The number of guanidine groups is 1. The van der Waals surface area contributed by atoms with E-state index in [4.69, 9.17) is 16.3 Å². The number of benzene rings is 1. The van der Waals surface area contributed by atoms with E-state index in [1.54, 1.807) is 0 Å². The minimum atomic E-state index is 0. The van der Waals surface area contributed by atoms with Crippen LogP contribution in [0.5, 0.6) is 5.75 Å². The molecule has 0 saturated heterocycles. The number of nitrogens with one attached hydrogen (secondary N) is 2. The van der Waals surface area contributed by atoms with Crippen molar-refractivity contribution in [2.45, 2.75) is 19.4 Å². The van der Waals surface area contributed by atoms with Crippen LogP contribution in [0, 0.1) is 0 Å². The van der Waals surface area contributed by atoms with Crippen molar-refractivity contribution in [2.24, 2.45) is 4.99 Å². The lowest BCUT2D eigenvalue weighted by molar-refractivity contribution is 0.261. The second-order valence-corrected chi connectivity index (χ2v) is 5.12. The van der Waals surface area contributed by atoms with Gasteiger partial charge >= 0.3 is 0 Å². The number of aliphatic imine (C=N–C) groups is 1. The van der Waals surface area contributed by atoms with Crippen molar-refractivity contribution >= 4 is 41.5 Å². The van der Waals surface area contributed by atoms with E-state index in [0.29, 0.717) is 18.2 Å². The maximum Gasteiger partial charge on any atom is 0.192 e. The molecule has 1 unspecified atom stereocenters. The van der Waals surface area contributed by atoms with E-state index in [-0.39, 0.29) is 30.0 Å². The molecule has 1 atom stereocenters. The third-order valence-electron chi connectivity index (χ3n) is 3.02. The Morgan fingerprint density at radius 3 is 2.95 bits per heavy atom. The summed E-state index contributed by atoms with van der Waals surface area (Å²) in [4.78, 5) is 4.40. The van der Waals surface area contributed by atoms with Gasteiger partial charge in [0.05, 0.1) is 19.2 Å². The summed E-state index contributed by atoms with van der Waals surface area (Å²) in [6.07, 6.45) is 0.906. The van der Waals surface area contributed by atoms with Gasteiger partial charge in [-0.05, 0) is 13.0 Å². The van der Waals surface area contributed by atoms with Gasteiger partial charge in [0, 0.05) is 23.6 Å². The van der Waals surface area contributed by atoms with Crippen LogP contribution in [0.4, 0.5) is 0 Å². The molecule has 1 aliphatic heterocycles. The van der Waals surface area contributed by atoms with Gasteiger partial charge < -0.3 is 15.4 Å². The Morgan fingerprint density at radius 1 is 1.48 bits per heavy atom. The first kappa shape index (κ1) is 18.1. The molecule has 0 aliphatic carbocycles. The van der Waals surface area contributed by atoms with Crippen molar-refractivity contribution in [3.05, 3.63) is 41.4 Å². The molecular weight excluding hydrogens is 401 g/mol. The lowest BCUT2D eigenvalue weighted by Crippen LogP contribution is -2.41. The fraction of sp³-hybridized carbons (Fsp3) is 0.400. The molecule has 2 rings (SSSR count). The predicted octanol–water partition coefficient (Wildman–Crippen LogP) is 3.44. The monoisotopic (exact) mass is 421 g/mol. The summed E-state index contributed by atoms with van der Waals surface area (Å²) in [5, 5.41) is 7.16.